The van der Waals surface area contributed by atoms with E-state index < -0.39 is 35.0 Å². The van der Waals surface area contributed by atoms with E-state index in [-0.39, 0.29) is 23.6 Å². The molecule has 0 radical (unpaired) electrons. The monoisotopic (exact) mass is 618 g/mol. The van der Waals surface area contributed by atoms with Crippen LogP contribution in [-0.2, 0) is 24.6 Å². The maximum absolute atomic E-state index is 14.5. The van der Waals surface area contributed by atoms with E-state index in [1.165, 1.54) is 9.80 Å². The van der Waals surface area contributed by atoms with Crippen molar-refractivity contribution in [2.45, 2.75) is 44.9 Å². The van der Waals surface area contributed by atoms with Gasteiger partial charge < -0.3 is 9.47 Å². The number of nitrogens with zero attached hydrogens (tertiary/aromatic N) is 2. The minimum absolute atomic E-state index is 0.338. The molecule has 2 aliphatic heterocycles. The molecule has 5 aliphatic rings. The minimum Gasteiger partial charge on any atom is -0.494 e. The molecule has 8 rings (SSSR count). The van der Waals surface area contributed by atoms with E-state index in [4.69, 9.17) is 9.47 Å². The van der Waals surface area contributed by atoms with Crippen molar-refractivity contribution in [1.29, 1.82) is 0 Å². The van der Waals surface area contributed by atoms with Gasteiger partial charge in [0, 0.05) is 11.3 Å². The average Bonchev–Trinajstić information content (AvgIpc) is 3.53. The minimum atomic E-state index is -1.17. The summed E-state index contributed by atoms with van der Waals surface area (Å²) in [4.78, 5) is 60.1. The first-order valence-corrected chi connectivity index (χ1v) is 16.4. The van der Waals surface area contributed by atoms with Gasteiger partial charge in [-0.3, -0.25) is 19.2 Å². The Bertz CT molecular complexity index is 1580. The first-order chi connectivity index (χ1) is 22.4. The molecule has 46 heavy (non-hydrogen) atoms. The maximum Gasteiger partial charge on any atom is 0.238 e. The van der Waals surface area contributed by atoms with Crippen LogP contribution >= 0.6 is 0 Å². The first kappa shape index (κ1) is 30.0. The fraction of sp³-hybridized carbons (Fsp3) is 0.368. The van der Waals surface area contributed by atoms with E-state index in [2.05, 4.69) is 13.8 Å². The first-order valence-electron chi connectivity index (χ1n) is 16.4. The normalized spacial score (nSPS) is 27.7. The molecule has 3 aliphatic carbocycles. The lowest BCUT2D eigenvalue weighted by molar-refractivity contribution is -0.140. The number of allylic oxidation sites excluding steroid dienone is 2. The Balaban J connectivity index is 1.26. The second kappa shape index (κ2) is 11.9. The number of unbranched alkanes of at least 4 members (excludes halogenated alkanes) is 2. The van der Waals surface area contributed by atoms with Gasteiger partial charge in [0.05, 0.1) is 48.3 Å². The number of carbonyl (C=O) groups is 4. The van der Waals surface area contributed by atoms with Gasteiger partial charge in [0.25, 0.3) is 0 Å². The molecule has 2 saturated heterocycles. The van der Waals surface area contributed by atoms with Crippen LogP contribution in [0.1, 0.15) is 45.1 Å². The molecule has 236 valence electrons. The molecular weight excluding hydrogens is 580 g/mol. The van der Waals surface area contributed by atoms with Gasteiger partial charge in [0.1, 0.15) is 11.5 Å². The summed E-state index contributed by atoms with van der Waals surface area (Å²) in [5.74, 6) is -3.82. The molecule has 0 N–H and O–H groups in total. The molecule has 3 aromatic rings. The molecule has 0 unspecified atom stereocenters. The molecule has 0 spiro atoms. The third kappa shape index (κ3) is 4.49. The van der Waals surface area contributed by atoms with Crippen LogP contribution in [-0.4, -0.2) is 36.8 Å². The van der Waals surface area contributed by atoms with Crippen LogP contribution in [0.4, 0.5) is 11.4 Å². The van der Waals surface area contributed by atoms with Gasteiger partial charge in [-0.1, -0.05) is 69.2 Å². The smallest absolute Gasteiger partial charge is 0.238 e. The molecule has 8 nitrogen and oxygen atoms in total. The second-order valence-electron chi connectivity index (χ2n) is 12.7. The number of hydrogen-bond acceptors (Lipinski definition) is 6. The van der Waals surface area contributed by atoms with Crippen molar-refractivity contribution in [3.05, 3.63) is 96.6 Å². The Morgan fingerprint density at radius 2 is 1.07 bits per heavy atom. The van der Waals surface area contributed by atoms with Crippen molar-refractivity contribution in [3.63, 3.8) is 0 Å². The molecular formula is C38H38N2O6. The highest BCUT2D eigenvalue weighted by Gasteiger charge is 2.75. The number of amides is 4. The van der Waals surface area contributed by atoms with Crippen molar-refractivity contribution in [1.82, 2.24) is 0 Å². The van der Waals surface area contributed by atoms with Gasteiger partial charge >= 0.3 is 0 Å². The molecule has 3 fully saturated rings. The van der Waals surface area contributed by atoms with Crippen LogP contribution in [0.2, 0.25) is 0 Å². The number of benzene rings is 3. The van der Waals surface area contributed by atoms with Crippen molar-refractivity contribution in [2.24, 2.45) is 29.6 Å². The highest BCUT2D eigenvalue weighted by atomic mass is 16.5. The van der Waals surface area contributed by atoms with Gasteiger partial charge in [0.15, 0.2) is 0 Å². The Hall–Kier alpha value is -4.72. The van der Waals surface area contributed by atoms with Crippen LogP contribution in [0.5, 0.6) is 11.5 Å². The van der Waals surface area contributed by atoms with Gasteiger partial charge in [0.2, 0.25) is 23.6 Å². The summed E-state index contributed by atoms with van der Waals surface area (Å²) in [6, 6.07) is 23.4. The zero-order valence-corrected chi connectivity index (χ0v) is 26.1. The summed E-state index contributed by atoms with van der Waals surface area (Å²) in [6.07, 6.45) is 7.74. The van der Waals surface area contributed by atoms with E-state index in [0.29, 0.717) is 36.1 Å². The molecule has 4 amide bonds. The standard InChI is InChI=1S/C38H38N2O6/c1-3-5-22-45-27-16-12-25(13-17-27)39-34(41)30-29-20-21-38(32(30)36(39)43,24-10-8-7-9-11-24)33-31(29)35(42)40(37(33)44)26-14-18-28(19-15-26)46-23-6-4-2/h7-21,29-33H,3-6,22-23H2,1-2H3/t29?,30-,31-,32+,33+,38?/m1/s1. The van der Waals surface area contributed by atoms with E-state index in [1.807, 2.05) is 42.5 Å². The lowest BCUT2D eigenvalue weighted by Gasteiger charge is -2.53. The van der Waals surface area contributed by atoms with Gasteiger partial charge in [-0.05, 0) is 66.9 Å². The van der Waals surface area contributed by atoms with E-state index >= 15 is 0 Å². The van der Waals surface area contributed by atoms with Crippen LogP contribution in [0, 0.1) is 29.6 Å². The van der Waals surface area contributed by atoms with Crippen molar-refractivity contribution in [2.75, 3.05) is 23.0 Å². The third-order valence-electron chi connectivity index (χ3n) is 10.2. The molecule has 1 saturated carbocycles. The molecule has 0 aromatic heterocycles. The summed E-state index contributed by atoms with van der Waals surface area (Å²) in [6.45, 7) is 5.37. The third-order valence-corrected chi connectivity index (χ3v) is 10.2. The summed E-state index contributed by atoms with van der Waals surface area (Å²) in [7, 11) is 0. The summed E-state index contributed by atoms with van der Waals surface area (Å²) < 4.78 is 11.6. The number of imide groups is 2. The fourth-order valence-corrected chi connectivity index (χ4v) is 8.04. The van der Waals surface area contributed by atoms with Crippen LogP contribution in [0.3, 0.4) is 0 Å². The number of carbonyl (C=O) groups excluding carboxylic acids is 4. The molecule has 2 bridgehead atoms. The number of hydrogen-bond donors (Lipinski definition) is 0. The van der Waals surface area contributed by atoms with Crippen molar-refractivity contribution in [3.8, 4) is 11.5 Å². The Morgan fingerprint density at radius 3 is 1.50 bits per heavy atom. The summed E-state index contributed by atoms with van der Waals surface area (Å²) in [5, 5.41) is 0. The van der Waals surface area contributed by atoms with Crippen molar-refractivity contribution < 1.29 is 28.7 Å². The Morgan fingerprint density at radius 1 is 0.609 bits per heavy atom. The zero-order valence-electron chi connectivity index (χ0n) is 26.1. The molecule has 3 aromatic carbocycles. The highest BCUT2D eigenvalue weighted by molar-refractivity contribution is 6.27. The molecule has 2 heterocycles. The lowest BCUT2D eigenvalue weighted by Crippen LogP contribution is -2.60. The Kier molecular flexibility index (Phi) is 7.75. The number of rotatable bonds is 11. The van der Waals surface area contributed by atoms with E-state index in [1.54, 1.807) is 48.5 Å². The fourth-order valence-electron chi connectivity index (χ4n) is 8.04. The second-order valence-corrected chi connectivity index (χ2v) is 12.7. The molecule has 4 atom stereocenters. The lowest BCUT2D eigenvalue weighted by atomic mass is 9.45. The van der Waals surface area contributed by atoms with Crippen LogP contribution < -0.4 is 19.3 Å². The molecule has 8 heteroatoms. The average molecular weight is 619 g/mol. The van der Waals surface area contributed by atoms with E-state index in [0.717, 1.165) is 31.2 Å². The topological polar surface area (TPSA) is 93.2 Å². The highest BCUT2D eigenvalue weighted by Crippen LogP contribution is 2.65. The predicted octanol–water partition coefficient (Wildman–Crippen LogP) is 6.09. The van der Waals surface area contributed by atoms with Crippen molar-refractivity contribution >= 4 is 35.0 Å². The largest absolute Gasteiger partial charge is 0.494 e. The summed E-state index contributed by atoms with van der Waals surface area (Å²) >= 11 is 0. The zero-order chi connectivity index (χ0) is 32.0. The van der Waals surface area contributed by atoms with Crippen LogP contribution in [0.15, 0.2) is 91.0 Å². The summed E-state index contributed by atoms with van der Waals surface area (Å²) in [5.41, 5.74) is 0.501. The van der Waals surface area contributed by atoms with Gasteiger partial charge in [-0.15, -0.1) is 0 Å². The Labute approximate surface area is 269 Å². The van der Waals surface area contributed by atoms with Gasteiger partial charge in [-0.2, -0.15) is 0 Å². The maximum atomic E-state index is 14.5. The van der Waals surface area contributed by atoms with Gasteiger partial charge in [-0.25, -0.2) is 9.80 Å². The number of anilines is 2. The van der Waals surface area contributed by atoms with E-state index in [9.17, 15) is 19.2 Å². The number of ether oxygens (including phenoxy) is 2. The predicted molar refractivity (Wildman–Crippen MR) is 173 cm³/mol. The quantitative estimate of drug-likeness (QED) is 0.147. The van der Waals surface area contributed by atoms with Crippen LogP contribution in [0.25, 0.3) is 0 Å². The SMILES string of the molecule is CCCCOc1ccc(N2C(=O)[C@@H]3C4C=CC(c5ccccc5)([C@@H]3C2=O)[C@@H]2C(=O)N(c3ccc(OCCCC)cc3)C(=O)[C@H]42)cc1.